The van der Waals surface area contributed by atoms with Crippen molar-refractivity contribution in [2.24, 2.45) is 0 Å². The summed E-state index contributed by atoms with van der Waals surface area (Å²) < 4.78 is 0. The van der Waals surface area contributed by atoms with Gasteiger partial charge in [-0.05, 0) is 42.5 Å². The Morgan fingerprint density at radius 1 is 1.20 bits per heavy atom. The van der Waals surface area contributed by atoms with Crippen LogP contribution in [0.25, 0.3) is 0 Å². The molecule has 1 heterocycles. The van der Waals surface area contributed by atoms with E-state index in [2.05, 4.69) is 33.7 Å². The van der Waals surface area contributed by atoms with E-state index in [1.807, 2.05) is 6.07 Å². The van der Waals surface area contributed by atoms with Crippen molar-refractivity contribution in [2.45, 2.75) is 25.3 Å². The molecule has 1 unspecified atom stereocenters. The fourth-order valence-electron chi connectivity index (χ4n) is 2.61. The fraction of sp³-hybridized carbons (Fsp3) is 0.267. The topological polar surface area (TPSA) is 75.1 Å². The lowest BCUT2D eigenvalue weighted by molar-refractivity contribution is 0.0689. The van der Waals surface area contributed by atoms with Gasteiger partial charge in [-0.2, -0.15) is 0 Å². The summed E-state index contributed by atoms with van der Waals surface area (Å²) in [6.07, 6.45) is 3.28. The Morgan fingerprint density at radius 3 is 2.80 bits per heavy atom. The smallest absolute Gasteiger partial charge is 0.356 e. The van der Waals surface area contributed by atoms with E-state index >= 15 is 0 Å². The second-order valence-electron chi connectivity index (χ2n) is 4.90. The number of aromatic carboxylic acids is 1. The van der Waals surface area contributed by atoms with Crippen LogP contribution in [0.4, 0.5) is 5.82 Å². The predicted octanol–water partition coefficient (Wildman–Crippen LogP) is 2.66. The van der Waals surface area contributed by atoms with Gasteiger partial charge in [-0.1, -0.05) is 24.3 Å². The average molecular weight is 269 g/mol. The first kappa shape index (κ1) is 12.6. The minimum absolute atomic E-state index is 0.0420. The van der Waals surface area contributed by atoms with Gasteiger partial charge in [0, 0.05) is 0 Å². The Labute approximate surface area is 116 Å². The molecule has 0 saturated carbocycles. The largest absolute Gasteiger partial charge is 0.476 e. The number of carbonyl (C=O) groups is 1. The van der Waals surface area contributed by atoms with E-state index in [0.717, 1.165) is 19.3 Å². The number of fused-ring (bicyclic) bond motifs is 1. The SMILES string of the molecule is O=C(O)c1ccc(NC2CCCc3ccccc32)nn1. The van der Waals surface area contributed by atoms with Gasteiger partial charge in [0.05, 0.1) is 6.04 Å². The first-order valence-corrected chi connectivity index (χ1v) is 6.65. The van der Waals surface area contributed by atoms with Crippen LogP contribution < -0.4 is 5.32 Å². The molecule has 0 radical (unpaired) electrons. The summed E-state index contributed by atoms with van der Waals surface area (Å²) in [6.45, 7) is 0. The number of carboxylic acids is 1. The van der Waals surface area contributed by atoms with Gasteiger partial charge in [-0.25, -0.2) is 4.79 Å². The van der Waals surface area contributed by atoms with Crippen molar-refractivity contribution in [3.8, 4) is 0 Å². The van der Waals surface area contributed by atoms with E-state index in [9.17, 15) is 4.79 Å². The first-order chi connectivity index (χ1) is 9.74. The number of nitrogens with one attached hydrogen (secondary N) is 1. The summed E-state index contributed by atoms with van der Waals surface area (Å²) in [6, 6.07) is 11.7. The molecule has 0 bridgehead atoms. The zero-order chi connectivity index (χ0) is 13.9. The summed E-state index contributed by atoms with van der Waals surface area (Å²) in [4.78, 5) is 10.7. The van der Waals surface area contributed by atoms with Gasteiger partial charge in [0.2, 0.25) is 0 Å². The number of carboxylic acid groups (broad SMARTS) is 1. The van der Waals surface area contributed by atoms with E-state index in [1.165, 1.54) is 17.2 Å². The molecule has 1 atom stereocenters. The third-order valence-corrected chi connectivity index (χ3v) is 3.58. The maximum atomic E-state index is 10.7. The van der Waals surface area contributed by atoms with Gasteiger partial charge < -0.3 is 10.4 Å². The molecule has 2 N–H and O–H groups in total. The highest BCUT2D eigenvalue weighted by atomic mass is 16.4. The van der Waals surface area contributed by atoms with Gasteiger partial charge in [0.15, 0.2) is 5.69 Å². The summed E-state index contributed by atoms with van der Waals surface area (Å²) in [5.74, 6) is -0.455. The Hall–Kier alpha value is -2.43. The van der Waals surface area contributed by atoms with Gasteiger partial charge >= 0.3 is 5.97 Å². The summed E-state index contributed by atoms with van der Waals surface area (Å²) in [7, 11) is 0. The van der Waals surface area contributed by atoms with Crippen LogP contribution in [0.1, 0.15) is 40.5 Å². The van der Waals surface area contributed by atoms with Crippen LogP contribution in [0, 0.1) is 0 Å². The monoisotopic (exact) mass is 269 g/mol. The number of aryl methyl sites for hydroxylation is 1. The molecule has 2 aromatic rings. The molecule has 0 aliphatic heterocycles. The van der Waals surface area contributed by atoms with Gasteiger partial charge in [-0.15, -0.1) is 10.2 Å². The van der Waals surface area contributed by atoms with Crippen molar-refractivity contribution in [1.29, 1.82) is 0 Å². The molecule has 20 heavy (non-hydrogen) atoms. The molecular formula is C15H15N3O2. The number of hydrogen-bond donors (Lipinski definition) is 2. The number of nitrogens with zero attached hydrogens (tertiary/aromatic N) is 2. The molecule has 1 aromatic carbocycles. The van der Waals surface area contributed by atoms with Crippen LogP contribution in [-0.2, 0) is 6.42 Å². The normalized spacial score (nSPS) is 17.3. The molecule has 5 nitrogen and oxygen atoms in total. The zero-order valence-corrected chi connectivity index (χ0v) is 10.9. The number of benzene rings is 1. The van der Waals surface area contributed by atoms with Crippen molar-refractivity contribution in [3.05, 3.63) is 53.2 Å². The van der Waals surface area contributed by atoms with Crippen LogP contribution in [0.5, 0.6) is 0 Å². The van der Waals surface area contributed by atoms with Crippen LogP contribution in [0.2, 0.25) is 0 Å². The lowest BCUT2D eigenvalue weighted by atomic mass is 9.88. The molecule has 1 aliphatic rings. The van der Waals surface area contributed by atoms with Gasteiger partial charge in [-0.3, -0.25) is 0 Å². The maximum absolute atomic E-state index is 10.7. The third kappa shape index (κ3) is 2.47. The molecule has 3 rings (SSSR count). The molecule has 0 amide bonds. The van der Waals surface area contributed by atoms with E-state index in [-0.39, 0.29) is 11.7 Å². The fourth-order valence-corrected chi connectivity index (χ4v) is 2.61. The molecule has 5 heteroatoms. The van der Waals surface area contributed by atoms with Crippen molar-refractivity contribution in [3.63, 3.8) is 0 Å². The predicted molar refractivity (Wildman–Crippen MR) is 74.7 cm³/mol. The first-order valence-electron chi connectivity index (χ1n) is 6.65. The van der Waals surface area contributed by atoms with Crippen LogP contribution in [-0.4, -0.2) is 21.3 Å². The standard InChI is InChI=1S/C15H15N3O2/c19-15(20)13-8-9-14(18-17-13)16-12-7-3-5-10-4-1-2-6-11(10)12/h1-2,4,6,8-9,12H,3,5,7H2,(H,16,18)(H,19,20). The molecule has 0 spiro atoms. The average Bonchev–Trinajstić information content (AvgIpc) is 2.48. The number of aromatic nitrogens is 2. The van der Waals surface area contributed by atoms with Crippen LogP contribution in [0.15, 0.2) is 36.4 Å². The van der Waals surface area contributed by atoms with E-state index in [1.54, 1.807) is 6.07 Å². The van der Waals surface area contributed by atoms with E-state index in [0.29, 0.717) is 5.82 Å². The van der Waals surface area contributed by atoms with Crippen LogP contribution >= 0.6 is 0 Å². The van der Waals surface area contributed by atoms with Gasteiger partial charge in [0.25, 0.3) is 0 Å². The molecule has 1 aromatic heterocycles. The number of hydrogen-bond acceptors (Lipinski definition) is 4. The number of anilines is 1. The maximum Gasteiger partial charge on any atom is 0.356 e. The summed E-state index contributed by atoms with van der Waals surface area (Å²) in [5.41, 5.74) is 2.62. The highest BCUT2D eigenvalue weighted by Crippen LogP contribution is 2.31. The molecule has 1 aliphatic carbocycles. The lowest BCUT2D eigenvalue weighted by Gasteiger charge is -2.26. The lowest BCUT2D eigenvalue weighted by Crippen LogP contribution is -2.18. The van der Waals surface area contributed by atoms with Crippen molar-refractivity contribution >= 4 is 11.8 Å². The quantitative estimate of drug-likeness (QED) is 0.896. The minimum atomic E-state index is -1.06. The molecular weight excluding hydrogens is 254 g/mol. The third-order valence-electron chi connectivity index (χ3n) is 3.58. The Bertz CT molecular complexity index is 625. The second-order valence-corrected chi connectivity index (χ2v) is 4.90. The molecule has 0 fully saturated rings. The number of rotatable bonds is 3. The van der Waals surface area contributed by atoms with Crippen molar-refractivity contribution in [1.82, 2.24) is 10.2 Å². The Kier molecular flexibility index (Phi) is 3.33. The minimum Gasteiger partial charge on any atom is -0.476 e. The highest BCUT2D eigenvalue weighted by molar-refractivity contribution is 5.85. The zero-order valence-electron chi connectivity index (χ0n) is 10.9. The van der Waals surface area contributed by atoms with Crippen molar-refractivity contribution in [2.75, 3.05) is 5.32 Å². The molecule has 102 valence electrons. The van der Waals surface area contributed by atoms with Gasteiger partial charge in [0.1, 0.15) is 5.82 Å². The Morgan fingerprint density at radius 2 is 2.05 bits per heavy atom. The summed E-state index contributed by atoms with van der Waals surface area (Å²) >= 11 is 0. The molecule has 0 saturated heterocycles. The van der Waals surface area contributed by atoms with Crippen LogP contribution in [0.3, 0.4) is 0 Å². The Balaban J connectivity index is 1.80. The van der Waals surface area contributed by atoms with E-state index in [4.69, 9.17) is 5.11 Å². The van der Waals surface area contributed by atoms with E-state index < -0.39 is 5.97 Å². The van der Waals surface area contributed by atoms with Crippen molar-refractivity contribution < 1.29 is 9.90 Å². The highest BCUT2D eigenvalue weighted by Gasteiger charge is 2.20. The summed E-state index contributed by atoms with van der Waals surface area (Å²) in [5, 5.41) is 19.8. The second kappa shape index (κ2) is 5.28.